The molecule has 3 aromatic carbocycles. The van der Waals surface area contributed by atoms with E-state index in [0.29, 0.717) is 17.7 Å². The van der Waals surface area contributed by atoms with Gasteiger partial charge in [-0.1, -0.05) is 30.3 Å². The molecule has 0 saturated heterocycles. The number of carbonyl (C=O) groups is 1. The average Bonchev–Trinajstić information content (AvgIpc) is 2.81. The van der Waals surface area contributed by atoms with E-state index < -0.39 is 52.9 Å². The summed E-state index contributed by atoms with van der Waals surface area (Å²) in [4.78, 5) is 24.7. The second kappa shape index (κ2) is 9.52. The van der Waals surface area contributed by atoms with Crippen LogP contribution in [-0.4, -0.2) is 17.6 Å². The van der Waals surface area contributed by atoms with Gasteiger partial charge in [0.2, 0.25) is 0 Å². The maximum absolute atomic E-state index is 13.0. The molecule has 1 aromatic heterocycles. The van der Waals surface area contributed by atoms with Gasteiger partial charge in [-0.2, -0.15) is 26.3 Å². The highest BCUT2D eigenvalue weighted by molar-refractivity contribution is 5.92. The fourth-order valence-corrected chi connectivity index (χ4v) is 3.44. The zero-order chi connectivity index (χ0) is 27.0. The summed E-state index contributed by atoms with van der Waals surface area (Å²) in [7, 11) is 0. The third-order valence-corrected chi connectivity index (χ3v) is 5.08. The van der Waals surface area contributed by atoms with E-state index in [9.17, 15) is 41.0 Å². The maximum atomic E-state index is 13.0. The van der Waals surface area contributed by atoms with Crippen LogP contribution in [0, 0.1) is 0 Å². The van der Waals surface area contributed by atoms with Crippen molar-refractivity contribution in [3.8, 4) is 22.8 Å². The molecule has 0 fully saturated rings. The van der Waals surface area contributed by atoms with Gasteiger partial charge in [-0.05, 0) is 18.2 Å². The van der Waals surface area contributed by atoms with Crippen molar-refractivity contribution in [1.82, 2.24) is 0 Å². The lowest BCUT2D eigenvalue weighted by Gasteiger charge is -2.15. The Morgan fingerprint density at radius 3 is 2.11 bits per heavy atom. The number of ether oxygens (including phenoxy) is 1. The number of hydrogen-bond donors (Lipinski definition) is 2. The highest BCUT2D eigenvalue weighted by Gasteiger charge is 2.37. The summed E-state index contributed by atoms with van der Waals surface area (Å²) < 4.78 is 89.0. The standard InChI is InChI=1S/C25H15F6NO5/c26-24(27,28)14-6-15(25(29,30)31)8-16(7-14)32-22(35)12-36-17-9-18(33)23-19(34)11-20(37-21(23)10-17)13-4-2-1-3-5-13/h1-11,33H,12H2,(H,32,35). The molecule has 192 valence electrons. The van der Waals surface area contributed by atoms with Crippen LogP contribution in [-0.2, 0) is 17.1 Å². The molecule has 1 heterocycles. The summed E-state index contributed by atoms with van der Waals surface area (Å²) in [6, 6.07) is 12.6. The van der Waals surface area contributed by atoms with Crippen LogP contribution in [0.5, 0.6) is 11.5 Å². The second-order valence-corrected chi connectivity index (χ2v) is 7.79. The minimum Gasteiger partial charge on any atom is -0.507 e. The lowest BCUT2D eigenvalue weighted by atomic mass is 10.1. The highest BCUT2D eigenvalue weighted by Crippen LogP contribution is 2.37. The van der Waals surface area contributed by atoms with Crippen LogP contribution in [0.4, 0.5) is 32.0 Å². The van der Waals surface area contributed by atoms with Crippen LogP contribution in [0.2, 0.25) is 0 Å². The number of anilines is 1. The SMILES string of the molecule is O=C(COc1cc(O)c2c(=O)cc(-c3ccccc3)oc2c1)Nc1cc(C(F)(F)F)cc(C(F)(F)F)c1. The van der Waals surface area contributed by atoms with Gasteiger partial charge in [-0.15, -0.1) is 0 Å². The van der Waals surface area contributed by atoms with E-state index in [4.69, 9.17) is 9.15 Å². The Labute approximate surface area is 203 Å². The van der Waals surface area contributed by atoms with Crippen LogP contribution < -0.4 is 15.5 Å². The molecular formula is C25H15F6NO5. The molecule has 0 aliphatic heterocycles. The van der Waals surface area contributed by atoms with Crippen LogP contribution in [0.15, 0.2) is 75.9 Å². The van der Waals surface area contributed by atoms with E-state index in [1.807, 2.05) is 5.32 Å². The summed E-state index contributed by atoms with van der Waals surface area (Å²) in [6.07, 6.45) is -10.2. The second-order valence-electron chi connectivity index (χ2n) is 7.79. The topological polar surface area (TPSA) is 88.8 Å². The smallest absolute Gasteiger partial charge is 0.416 e. The number of carbonyl (C=O) groups excluding carboxylic acids is 1. The number of hydrogen-bond acceptors (Lipinski definition) is 5. The molecule has 2 N–H and O–H groups in total. The fraction of sp³-hybridized carbons (Fsp3) is 0.120. The largest absolute Gasteiger partial charge is 0.507 e. The zero-order valence-electron chi connectivity index (χ0n) is 18.4. The van der Waals surface area contributed by atoms with Crippen molar-refractivity contribution in [2.24, 2.45) is 0 Å². The number of rotatable bonds is 5. The maximum Gasteiger partial charge on any atom is 0.416 e. The molecule has 0 aliphatic carbocycles. The molecule has 6 nitrogen and oxygen atoms in total. The Bertz CT molecular complexity index is 1500. The Hall–Kier alpha value is -4.48. The van der Waals surface area contributed by atoms with Crippen molar-refractivity contribution in [3.63, 3.8) is 0 Å². The Balaban J connectivity index is 1.56. The molecule has 37 heavy (non-hydrogen) atoms. The molecule has 4 rings (SSSR count). The molecule has 0 bridgehead atoms. The number of phenols is 1. The molecule has 12 heteroatoms. The van der Waals surface area contributed by atoms with Gasteiger partial charge in [0.05, 0.1) is 11.1 Å². The third kappa shape index (κ3) is 5.85. The molecule has 0 unspecified atom stereocenters. The molecule has 0 radical (unpaired) electrons. The normalized spacial score (nSPS) is 11.9. The predicted molar refractivity (Wildman–Crippen MR) is 120 cm³/mol. The number of aromatic hydroxyl groups is 1. The van der Waals surface area contributed by atoms with Gasteiger partial charge >= 0.3 is 12.4 Å². The van der Waals surface area contributed by atoms with Gasteiger partial charge in [-0.25, -0.2) is 0 Å². The Kier molecular flexibility index (Phi) is 6.59. The van der Waals surface area contributed by atoms with E-state index >= 15 is 0 Å². The minimum absolute atomic E-state index is 0.0680. The number of nitrogens with one attached hydrogen (secondary N) is 1. The van der Waals surface area contributed by atoms with Gasteiger partial charge in [0.25, 0.3) is 5.91 Å². The van der Waals surface area contributed by atoms with Gasteiger partial charge in [0.15, 0.2) is 12.0 Å². The van der Waals surface area contributed by atoms with Crippen molar-refractivity contribution in [3.05, 3.63) is 88.1 Å². The third-order valence-electron chi connectivity index (χ3n) is 5.08. The first-order chi connectivity index (χ1) is 17.3. The molecule has 1 amide bonds. The Morgan fingerprint density at radius 2 is 1.51 bits per heavy atom. The fourth-order valence-electron chi connectivity index (χ4n) is 3.44. The summed E-state index contributed by atoms with van der Waals surface area (Å²) >= 11 is 0. The summed E-state index contributed by atoms with van der Waals surface area (Å²) in [5.41, 5.74) is -3.98. The van der Waals surface area contributed by atoms with E-state index in [1.165, 1.54) is 12.1 Å². The first-order valence-electron chi connectivity index (χ1n) is 10.4. The molecule has 4 aromatic rings. The first-order valence-corrected chi connectivity index (χ1v) is 10.4. The molecular weight excluding hydrogens is 508 g/mol. The quantitative estimate of drug-likeness (QED) is 0.303. The van der Waals surface area contributed by atoms with Crippen molar-refractivity contribution < 1.29 is 45.4 Å². The Morgan fingerprint density at radius 1 is 0.892 bits per heavy atom. The monoisotopic (exact) mass is 523 g/mol. The van der Waals surface area contributed by atoms with Gasteiger partial charge in [0.1, 0.15) is 28.2 Å². The molecule has 0 spiro atoms. The van der Waals surface area contributed by atoms with E-state index in [0.717, 1.165) is 6.07 Å². The van der Waals surface area contributed by atoms with Crippen LogP contribution in [0.1, 0.15) is 11.1 Å². The van der Waals surface area contributed by atoms with E-state index in [2.05, 4.69) is 0 Å². The number of halogens is 6. The van der Waals surface area contributed by atoms with Crippen molar-refractivity contribution in [2.75, 3.05) is 11.9 Å². The molecule has 0 saturated carbocycles. The summed E-state index contributed by atoms with van der Waals surface area (Å²) in [5.74, 6) is -1.55. The first kappa shape index (κ1) is 25.6. The summed E-state index contributed by atoms with van der Waals surface area (Å²) in [5, 5.41) is 12.0. The molecule has 0 aliphatic rings. The number of alkyl halides is 6. The average molecular weight is 523 g/mol. The van der Waals surface area contributed by atoms with Crippen LogP contribution in [0.3, 0.4) is 0 Å². The number of fused-ring (bicyclic) bond motifs is 1. The van der Waals surface area contributed by atoms with Crippen molar-refractivity contribution >= 4 is 22.6 Å². The van der Waals surface area contributed by atoms with Gasteiger partial charge < -0.3 is 19.6 Å². The number of phenolic OH excluding ortho intramolecular Hbond substituents is 1. The van der Waals surface area contributed by atoms with E-state index in [1.54, 1.807) is 30.3 Å². The van der Waals surface area contributed by atoms with Crippen molar-refractivity contribution in [1.29, 1.82) is 0 Å². The van der Waals surface area contributed by atoms with E-state index in [-0.39, 0.29) is 28.5 Å². The predicted octanol–water partition coefficient (Wildman–Crippen LogP) is 6.22. The number of amides is 1. The van der Waals surface area contributed by atoms with Gasteiger partial charge in [0, 0.05) is 29.4 Å². The number of benzene rings is 3. The lowest BCUT2D eigenvalue weighted by Crippen LogP contribution is -2.21. The van der Waals surface area contributed by atoms with Crippen LogP contribution in [0.25, 0.3) is 22.3 Å². The van der Waals surface area contributed by atoms with Gasteiger partial charge in [-0.3, -0.25) is 9.59 Å². The molecule has 0 atom stereocenters. The van der Waals surface area contributed by atoms with Crippen LogP contribution >= 0.6 is 0 Å². The highest BCUT2D eigenvalue weighted by atomic mass is 19.4. The van der Waals surface area contributed by atoms with Crippen molar-refractivity contribution in [2.45, 2.75) is 12.4 Å². The summed E-state index contributed by atoms with van der Waals surface area (Å²) in [6.45, 7) is -0.842. The zero-order valence-corrected chi connectivity index (χ0v) is 18.4. The minimum atomic E-state index is -5.08. The lowest BCUT2D eigenvalue weighted by molar-refractivity contribution is -0.143.